The number of nitrogens with two attached hydrogens (primary N) is 1. The first kappa shape index (κ1) is 15.3. The van der Waals surface area contributed by atoms with Crippen LogP contribution in [0.15, 0.2) is 12.1 Å². The number of aromatic nitrogens is 1. The van der Waals surface area contributed by atoms with Gasteiger partial charge in [-0.1, -0.05) is 20.8 Å². The van der Waals surface area contributed by atoms with Crippen LogP contribution >= 0.6 is 0 Å². The summed E-state index contributed by atoms with van der Waals surface area (Å²) in [6.45, 7) is 8.35. The summed E-state index contributed by atoms with van der Waals surface area (Å²) in [5.41, 5.74) is 7.83. The maximum absolute atomic E-state index is 5.83. The van der Waals surface area contributed by atoms with E-state index in [0.717, 1.165) is 30.7 Å². The molecule has 1 aromatic rings. The third-order valence-electron chi connectivity index (χ3n) is 3.56. The lowest BCUT2D eigenvalue weighted by Gasteiger charge is -2.23. The summed E-state index contributed by atoms with van der Waals surface area (Å²) in [5.74, 6) is 0.659. The van der Waals surface area contributed by atoms with Crippen molar-refractivity contribution >= 4 is 0 Å². The number of nitrogens with zero attached hydrogens (tertiary/aromatic N) is 1. The predicted molar refractivity (Wildman–Crippen MR) is 79.9 cm³/mol. The van der Waals surface area contributed by atoms with Crippen LogP contribution in [0.1, 0.15) is 51.3 Å². The smallest absolute Gasteiger partial charge is 0.213 e. The highest BCUT2D eigenvalue weighted by atomic mass is 16.5. The topological polar surface area (TPSA) is 57.4 Å². The molecule has 2 rings (SSSR count). The predicted octanol–water partition coefficient (Wildman–Crippen LogP) is 2.79. The number of ether oxygens (including phenoxy) is 2. The van der Waals surface area contributed by atoms with Crippen molar-refractivity contribution < 1.29 is 9.47 Å². The Kier molecular flexibility index (Phi) is 5.00. The van der Waals surface area contributed by atoms with E-state index in [0.29, 0.717) is 19.0 Å². The van der Waals surface area contributed by atoms with Gasteiger partial charge in [-0.3, -0.25) is 0 Å². The molecule has 0 aliphatic carbocycles. The Morgan fingerprint density at radius 3 is 2.75 bits per heavy atom. The lowest BCUT2D eigenvalue weighted by molar-refractivity contribution is -0.0120. The zero-order valence-corrected chi connectivity index (χ0v) is 12.8. The Labute approximate surface area is 121 Å². The molecule has 0 amide bonds. The fourth-order valence-corrected chi connectivity index (χ4v) is 2.25. The molecule has 0 aromatic carbocycles. The van der Waals surface area contributed by atoms with E-state index in [4.69, 9.17) is 15.2 Å². The minimum absolute atomic E-state index is 0.00930. The van der Waals surface area contributed by atoms with Crippen molar-refractivity contribution in [3.05, 3.63) is 23.4 Å². The Balaban J connectivity index is 2.06. The summed E-state index contributed by atoms with van der Waals surface area (Å²) in [6, 6.07) is 3.99. The fraction of sp³-hybridized carbons (Fsp3) is 0.688. The average molecular weight is 278 g/mol. The molecule has 1 aliphatic rings. The van der Waals surface area contributed by atoms with Gasteiger partial charge in [0.05, 0.1) is 11.8 Å². The van der Waals surface area contributed by atoms with E-state index in [-0.39, 0.29) is 11.5 Å². The molecule has 0 radical (unpaired) electrons. The molecular weight excluding hydrogens is 252 g/mol. The number of hydrogen-bond acceptors (Lipinski definition) is 4. The molecule has 0 bridgehead atoms. The van der Waals surface area contributed by atoms with E-state index in [1.165, 1.54) is 6.42 Å². The van der Waals surface area contributed by atoms with Crippen LogP contribution in [0.5, 0.6) is 5.88 Å². The standard InChI is InChI=1S/C16H26N2O2/c1-16(2,3)14-8-12(10-17)9-15(18-14)20-11-13-6-4-5-7-19-13/h8-9,13H,4-7,10-11,17H2,1-3H3. The molecular formula is C16H26N2O2. The van der Waals surface area contributed by atoms with Crippen LogP contribution in [0.3, 0.4) is 0 Å². The van der Waals surface area contributed by atoms with Crippen molar-refractivity contribution in [2.24, 2.45) is 5.73 Å². The van der Waals surface area contributed by atoms with E-state index in [9.17, 15) is 0 Å². The van der Waals surface area contributed by atoms with Crippen molar-refractivity contribution in [1.29, 1.82) is 0 Å². The van der Waals surface area contributed by atoms with Crippen LogP contribution in [-0.2, 0) is 16.7 Å². The Hall–Kier alpha value is -1.13. The van der Waals surface area contributed by atoms with Gasteiger partial charge < -0.3 is 15.2 Å². The van der Waals surface area contributed by atoms with Crippen LogP contribution in [0.25, 0.3) is 0 Å². The van der Waals surface area contributed by atoms with Crippen molar-refractivity contribution in [2.75, 3.05) is 13.2 Å². The van der Waals surface area contributed by atoms with Crippen LogP contribution < -0.4 is 10.5 Å². The second-order valence-electron chi connectivity index (χ2n) is 6.45. The molecule has 112 valence electrons. The van der Waals surface area contributed by atoms with Gasteiger partial charge in [0.15, 0.2) is 0 Å². The van der Waals surface area contributed by atoms with Crippen LogP contribution in [0, 0.1) is 0 Å². The van der Waals surface area contributed by atoms with Gasteiger partial charge >= 0.3 is 0 Å². The number of pyridine rings is 1. The second kappa shape index (κ2) is 6.55. The molecule has 0 spiro atoms. The lowest BCUT2D eigenvalue weighted by atomic mass is 9.91. The van der Waals surface area contributed by atoms with Gasteiger partial charge in [0, 0.05) is 24.6 Å². The summed E-state index contributed by atoms with van der Waals surface area (Å²) in [5, 5.41) is 0. The molecule has 2 heterocycles. The van der Waals surface area contributed by atoms with E-state index in [2.05, 4.69) is 31.8 Å². The molecule has 1 atom stereocenters. The lowest BCUT2D eigenvalue weighted by Crippen LogP contribution is -2.26. The summed E-state index contributed by atoms with van der Waals surface area (Å²) in [4.78, 5) is 4.60. The molecule has 1 aromatic heterocycles. The van der Waals surface area contributed by atoms with Gasteiger partial charge in [-0.2, -0.15) is 0 Å². The minimum atomic E-state index is -0.00930. The highest BCUT2D eigenvalue weighted by Crippen LogP contribution is 2.24. The second-order valence-corrected chi connectivity index (χ2v) is 6.45. The van der Waals surface area contributed by atoms with Crippen molar-refractivity contribution in [1.82, 2.24) is 4.98 Å². The molecule has 1 aliphatic heterocycles. The minimum Gasteiger partial charge on any atom is -0.475 e. The molecule has 2 N–H and O–H groups in total. The molecule has 0 saturated carbocycles. The normalized spacial score (nSPS) is 19.9. The van der Waals surface area contributed by atoms with Crippen molar-refractivity contribution in [3.8, 4) is 5.88 Å². The first-order valence-electron chi connectivity index (χ1n) is 7.45. The van der Waals surface area contributed by atoms with Gasteiger partial charge in [0.1, 0.15) is 6.61 Å². The van der Waals surface area contributed by atoms with E-state index < -0.39 is 0 Å². The van der Waals surface area contributed by atoms with Gasteiger partial charge in [0.25, 0.3) is 0 Å². The van der Waals surface area contributed by atoms with Crippen LogP contribution in [0.4, 0.5) is 0 Å². The SMILES string of the molecule is CC(C)(C)c1cc(CN)cc(OCC2CCCCO2)n1. The molecule has 1 saturated heterocycles. The monoisotopic (exact) mass is 278 g/mol. The van der Waals surface area contributed by atoms with E-state index in [1.54, 1.807) is 0 Å². The largest absolute Gasteiger partial charge is 0.475 e. The summed E-state index contributed by atoms with van der Waals surface area (Å²) in [7, 11) is 0. The number of hydrogen-bond donors (Lipinski definition) is 1. The molecule has 20 heavy (non-hydrogen) atoms. The Morgan fingerprint density at radius 1 is 1.35 bits per heavy atom. The molecule has 1 fully saturated rings. The summed E-state index contributed by atoms with van der Waals surface area (Å²) in [6.07, 6.45) is 3.65. The van der Waals surface area contributed by atoms with E-state index in [1.807, 2.05) is 6.07 Å². The van der Waals surface area contributed by atoms with Crippen LogP contribution in [-0.4, -0.2) is 24.3 Å². The average Bonchev–Trinajstić information content (AvgIpc) is 2.45. The van der Waals surface area contributed by atoms with Gasteiger partial charge in [-0.05, 0) is 30.9 Å². The summed E-state index contributed by atoms with van der Waals surface area (Å²) < 4.78 is 11.5. The van der Waals surface area contributed by atoms with Gasteiger partial charge in [-0.25, -0.2) is 4.98 Å². The highest BCUT2D eigenvalue weighted by Gasteiger charge is 2.19. The zero-order valence-electron chi connectivity index (χ0n) is 12.8. The molecule has 1 unspecified atom stereocenters. The highest BCUT2D eigenvalue weighted by molar-refractivity contribution is 5.28. The quantitative estimate of drug-likeness (QED) is 0.920. The summed E-state index contributed by atoms with van der Waals surface area (Å²) >= 11 is 0. The van der Waals surface area contributed by atoms with Crippen LogP contribution in [0.2, 0.25) is 0 Å². The fourth-order valence-electron chi connectivity index (χ4n) is 2.25. The Bertz CT molecular complexity index is 435. The van der Waals surface area contributed by atoms with Crippen molar-refractivity contribution in [2.45, 2.75) is 58.1 Å². The first-order chi connectivity index (χ1) is 9.49. The zero-order chi connectivity index (χ0) is 14.6. The molecule has 4 heteroatoms. The van der Waals surface area contributed by atoms with E-state index >= 15 is 0 Å². The maximum atomic E-state index is 5.83. The maximum Gasteiger partial charge on any atom is 0.213 e. The third kappa shape index (κ3) is 4.18. The first-order valence-corrected chi connectivity index (χ1v) is 7.45. The Morgan fingerprint density at radius 2 is 2.15 bits per heavy atom. The number of rotatable bonds is 4. The van der Waals surface area contributed by atoms with Crippen molar-refractivity contribution in [3.63, 3.8) is 0 Å². The molecule has 4 nitrogen and oxygen atoms in total. The van der Waals surface area contributed by atoms with Gasteiger partial charge in [-0.15, -0.1) is 0 Å². The third-order valence-corrected chi connectivity index (χ3v) is 3.56. The van der Waals surface area contributed by atoms with Gasteiger partial charge in [0.2, 0.25) is 5.88 Å².